The summed E-state index contributed by atoms with van der Waals surface area (Å²) in [5.74, 6) is -0.106. The highest BCUT2D eigenvalue weighted by Crippen LogP contribution is 2.16. The van der Waals surface area contributed by atoms with Crippen LogP contribution in [0.1, 0.15) is 22.8 Å². The summed E-state index contributed by atoms with van der Waals surface area (Å²) in [6.07, 6.45) is 0. The fourth-order valence-electron chi connectivity index (χ4n) is 2.56. The first kappa shape index (κ1) is 22.3. The Morgan fingerprint density at radius 1 is 0.903 bits per heavy atom. The smallest absolute Gasteiger partial charge is 0.271 e. The number of hydrogen-bond donors (Lipinski definition) is 2. The van der Waals surface area contributed by atoms with Crippen LogP contribution in [0.25, 0.3) is 0 Å². The topological polar surface area (TPSA) is 79.8 Å². The second-order valence-corrected chi connectivity index (χ2v) is 7.39. The van der Waals surface area contributed by atoms with E-state index < -0.39 is 0 Å². The lowest BCUT2D eigenvalue weighted by Gasteiger charge is -2.09. The zero-order valence-electron chi connectivity index (χ0n) is 16.6. The van der Waals surface area contributed by atoms with Crippen molar-refractivity contribution in [1.29, 1.82) is 0 Å². The summed E-state index contributed by atoms with van der Waals surface area (Å²) in [5, 5.41) is 8.04. The summed E-state index contributed by atoms with van der Waals surface area (Å²) in [7, 11) is 0. The van der Waals surface area contributed by atoms with Crippen molar-refractivity contribution in [3.8, 4) is 5.75 Å². The Kier molecular flexibility index (Phi) is 7.65. The van der Waals surface area contributed by atoms with Crippen molar-refractivity contribution in [2.45, 2.75) is 6.92 Å². The molecular weight excluding hydrogens is 437 g/mol. The molecule has 31 heavy (non-hydrogen) atoms. The average molecular weight is 456 g/mol. The van der Waals surface area contributed by atoms with Gasteiger partial charge in [0, 0.05) is 21.3 Å². The molecule has 0 radical (unpaired) electrons. The van der Waals surface area contributed by atoms with Gasteiger partial charge >= 0.3 is 0 Å². The number of ether oxygens (including phenoxy) is 1. The van der Waals surface area contributed by atoms with Gasteiger partial charge in [0.15, 0.2) is 6.61 Å². The highest BCUT2D eigenvalue weighted by molar-refractivity contribution is 6.30. The van der Waals surface area contributed by atoms with Gasteiger partial charge in [0.25, 0.3) is 11.8 Å². The lowest BCUT2D eigenvalue weighted by molar-refractivity contribution is -0.118. The number of nitrogens with one attached hydrogen (secondary N) is 2. The second kappa shape index (κ2) is 10.6. The van der Waals surface area contributed by atoms with Crippen molar-refractivity contribution in [1.82, 2.24) is 5.43 Å². The highest BCUT2D eigenvalue weighted by Gasteiger charge is 2.07. The van der Waals surface area contributed by atoms with Gasteiger partial charge in [-0.05, 0) is 73.2 Å². The van der Waals surface area contributed by atoms with E-state index in [1.165, 1.54) is 0 Å². The summed E-state index contributed by atoms with van der Waals surface area (Å²) >= 11 is 11.7. The Bertz CT molecular complexity index is 1100. The van der Waals surface area contributed by atoms with Crippen LogP contribution in [0.4, 0.5) is 5.69 Å². The van der Waals surface area contributed by atoms with Crippen LogP contribution in [0.3, 0.4) is 0 Å². The molecular formula is C23H19Cl2N3O3. The van der Waals surface area contributed by atoms with Crippen molar-refractivity contribution < 1.29 is 14.3 Å². The number of nitrogens with zero attached hydrogens (tertiary/aromatic N) is 1. The van der Waals surface area contributed by atoms with Gasteiger partial charge in [-0.25, -0.2) is 5.43 Å². The first-order valence-electron chi connectivity index (χ1n) is 9.29. The third kappa shape index (κ3) is 6.84. The molecule has 0 aliphatic carbocycles. The molecule has 0 aromatic heterocycles. The Balaban J connectivity index is 1.57. The molecule has 6 nitrogen and oxygen atoms in total. The maximum absolute atomic E-state index is 12.2. The molecule has 0 heterocycles. The van der Waals surface area contributed by atoms with Crippen LogP contribution >= 0.6 is 23.2 Å². The zero-order valence-corrected chi connectivity index (χ0v) is 18.1. The fourth-order valence-corrected chi connectivity index (χ4v) is 2.82. The highest BCUT2D eigenvalue weighted by atomic mass is 35.5. The van der Waals surface area contributed by atoms with Crippen LogP contribution in [0, 0.1) is 0 Å². The zero-order chi connectivity index (χ0) is 22.2. The maximum Gasteiger partial charge on any atom is 0.271 e. The van der Waals surface area contributed by atoms with Crippen LogP contribution in [-0.2, 0) is 4.79 Å². The van der Waals surface area contributed by atoms with E-state index in [4.69, 9.17) is 27.9 Å². The summed E-state index contributed by atoms with van der Waals surface area (Å²) in [6, 6.07) is 20.4. The summed E-state index contributed by atoms with van der Waals surface area (Å²) in [6.45, 7) is 1.61. The molecule has 0 aliphatic rings. The number of hydrogen-bond acceptors (Lipinski definition) is 4. The number of carbonyl (C=O) groups excluding carboxylic acids is 2. The minimum Gasteiger partial charge on any atom is -0.484 e. The summed E-state index contributed by atoms with van der Waals surface area (Å²) in [4.78, 5) is 24.3. The molecule has 0 bridgehead atoms. The first-order valence-corrected chi connectivity index (χ1v) is 10.0. The van der Waals surface area contributed by atoms with E-state index in [-0.39, 0.29) is 18.4 Å². The normalized spacial score (nSPS) is 11.0. The van der Waals surface area contributed by atoms with Crippen molar-refractivity contribution >= 4 is 46.4 Å². The molecule has 0 fully saturated rings. The Morgan fingerprint density at radius 3 is 2.23 bits per heavy atom. The minimum atomic E-state index is -0.347. The number of halogens is 2. The van der Waals surface area contributed by atoms with Crippen LogP contribution in [-0.4, -0.2) is 24.1 Å². The predicted molar refractivity (Wildman–Crippen MR) is 123 cm³/mol. The lowest BCUT2D eigenvalue weighted by Crippen LogP contribution is -2.20. The van der Waals surface area contributed by atoms with Crippen LogP contribution in [0.5, 0.6) is 5.75 Å². The average Bonchev–Trinajstić information content (AvgIpc) is 2.77. The summed E-state index contributed by atoms with van der Waals surface area (Å²) < 4.78 is 5.44. The van der Waals surface area contributed by atoms with Crippen LogP contribution in [0.15, 0.2) is 77.9 Å². The molecule has 0 spiro atoms. The van der Waals surface area contributed by atoms with Gasteiger partial charge in [-0.3, -0.25) is 9.59 Å². The number of carbonyl (C=O) groups is 2. The molecule has 158 valence electrons. The van der Waals surface area contributed by atoms with Crippen LogP contribution < -0.4 is 15.5 Å². The monoisotopic (exact) mass is 455 g/mol. The number of rotatable bonds is 7. The van der Waals surface area contributed by atoms with E-state index in [1.807, 2.05) is 6.07 Å². The van der Waals surface area contributed by atoms with Crippen molar-refractivity contribution in [2.24, 2.45) is 5.10 Å². The fraction of sp³-hybridized carbons (Fsp3) is 0.0870. The third-order valence-electron chi connectivity index (χ3n) is 4.18. The van der Waals surface area contributed by atoms with Crippen molar-refractivity contribution in [3.05, 3.63) is 94.0 Å². The number of benzene rings is 3. The van der Waals surface area contributed by atoms with E-state index in [0.29, 0.717) is 32.8 Å². The lowest BCUT2D eigenvalue weighted by atomic mass is 10.1. The van der Waals surface area contributed by atoms with E-state index in [1.54, 1.807) is 73.7 Å². The summed E-state index contributed by atoms with van der Waals surface area (Å²) in [5.41, 5.74) is 4.86. The van der Waals surface area contributed by atoms with E-state index in [9.17, 15) is 9.59 Å². The van der Waals surface area contributed by atoms with Gasteiger partial charge in [-0.15, -0.1) is 0 Å². The van der Waals surface area contributed by atoms with Gasteiger partial charge in [0.2, 0.25) is 0 Å². The van der Waals surface area contributed by atoms with Crippen LogP contribution in [0.2, 0.25) is 10.0 Å². The number of anilines is 1. The largest absolute Gasteiger partial charge is 0.484 e. The van der Waals surface area contributed by atoms with Gasteiger partial charge in [-0.2, -0.15) is 5.10 Å². The van der Waals surface area contributed by atoms with E-state index in [2.05, 4.69) is 15.8 Å². The predicted octanol–water partition coefficient (Wildman–Crippen LogP) is 5.16. The number of hydrazone groups is 1. The molecule has 0 aliphatic heterocycles. The second-order valence-electron chi connectivity index (χ2n) is 6.52. The van der Waals surface area contributed by atoms with Gasteiger partial charge in [0.1, 0.15) is 5.75 Å². The molecule has 3 rings (SSSR count). The maximum atomic E-state index is 12.2. The molecule has 2 N–H and O–H groups in total. The molecule has 2 amide bonds. The van der Waals surface area contributed by atoms with Gasteiger partial charge in [0.05, 0.1) is 5.71 Å². The van der Waals surface area contributed by atoms with Crippen molar-refractivity contribution in [2.75, 3.05) is 11.9 Å². The SMILES string of the molecule is C/C(=N\NC(=O)c1ccc(Cl)cc1)c1cccc(NC(=O)COc2ccc(Cl)cc2)c1. The third-order valence-corrected chi connectivity index (χ3v) is 4.68. The van der Waals surface area contributed by atoms with E-state index >= 15 is 0 Å². The molecule has 3 aromatic rings. The Labute approximate surface area is 189 Å². The Morgan fingerprint density at radius 2 is 1.55 bits per heavy atom. The van der Waals surface area contributed by atoms with Gasteiger partial charge < -0.3 is 10.1 Å². The molecule has 3 aromatic carbocycles. The van der Waals surface area contributed by atoms with E-state index in [0.717, 1.165) is 5.56 Å². The standard InChI is InChI=1S/C23H19Cl2N3O3/c1-15(27-28-23(30)16-5-7-18(24)8-6-16)17-3-2-4-20(13-17)26-22(29)14-31-21-11-9-19(25)10-12-21/h2-13H,14H2,1H3,(H,26,29)(H,28,30)/b27-15+. The molecule has 0 unspecified atom stereocenters. The van der Waals surface area contributed by atoms with Gasteiger partial charge in [-0.1, -0.05) is 35.3 Å². The Hall–Kier alpha value is -3.35. The quantitative estimate of drug-likeness (QED) is 0.381. The molecule has 0 saturated carbocycles. The molecule has 0 saturated heterocycles. The molecule has 0 atom stereocenters. The van der Waals surface area contributed by atoms with Crippen molar-refractivity contribution in [3.63, 3.8) is 0 Å². The molecule has 8 heteroatoms. The first-order chi connectivity index (χ1) is 14.9. The number of amides is 2. The minimum absolute atomic E-state index is 0.143.